The second kappa shape index (κ2) is 8.12. The van der Waals surface area contributed by atoms with E-state index in [9.17, 15) is 14.4 Å². The van der Waals surface area contributed by atoms with Crippen molar-refractivity contribution < 1.29 is 28.6 Å². The zero-order valence-electron chi connectivity index (χ0n) is 15.9. The lowest BCUT2D eigenvalue weighted by molar-refractivity contribution is -0.174. The van der Waals surface area contributed by atoms with Crippen LogP contribution in [0.4, 0.5) is 5.69 Å². The minimum absolute atomic E-state index is 0.0796. The first-order chi connectivity index (χ1) is 12.9. The van der Waals surface area contributed by atoms with E-state index in [1.165, 1.54) is 0 Å². The number of carbonyl (C=O) groups excluding carboxylic acids is 3. The van der Waals surface area contributed by atoms with E-state index in [1.54, 1.807) is 24.0 Å². The number of anilines is 1. The Balaban J connectivity index is 2.71. The molecule has 1 saturated heterocycles. The van der Waals surface area contributed by atoms with Gasteiger partial charge in [0.1, 0.15) is 0 Å². The summed E-state index contributed by atoms with van der Waals surface area (Å²) in [6.07, 6.45) is 5.56. The lowest BCUT2D eigenvalue weighted by atomic mass is 9.79. The minimum Gasteiger partial charge on any atom is -0.468 e. The van der Waals surface area contributed by atoms with Crippen LogP contribution in [0.25, 0.3) is 0 Å². The molecule has 2 rings (SSSR count). The maximum absolute atomic E-state index is 12.9. The first kappa shape index (κ1) is 20.3. The van der Waals surface area contributed by atoms with Crippen LogP contribution in [0.3, 0.4) is 0 Å². The van der Waals surface area contributed by atoms with Crippen molar-refractivity contribution in [2.75, 3.05) is 25.7 Å². The highest BCUT2D eigenvalue weighted by Gasteiger charge is 2.66. The van der Waals surface area contributed by atoms with Crippen LogP contribution in [-0.4, -0.2) is 50.8 Å². The predicted molar refractivity (Wildman–Crippen MR) is 97.8 cm³/mol. The van der Waals surface area contributed by atoms with Gasteiger partial charge < -0.3 is 19.1 Å². The van der Waals surface area contributed by atoms with Crippen molar-refractivity contribution in [3.05, 3.63) is 29.8 Å². The van der Waals surface area contributed by atoms with Crippen LogP contribution in [0, 0.1) is 24.7 Å². The lowest BCUT2D eigenvalue weighted by Crippen LogP contribution is -2.55. The van der Waals surface area contributed by atoms with E-state index in [2.05, 4.69) is 5.92 Å². The summed E-state index contributed by atoms with van der Waals surface area (Å²) in [4.78, 5) is 39.9. The fraction of sp³-hybridized carbons (Fsp3) is 0.450. The van der Waals surface area contributed by atoms with Crippen molar-refractivity contribution in [1.29, 1.82) is 0 Å². The summed E-state index contributed by atoms with van der Waals surface area (Å²) < 4.78 is 14.9. The van der Waals surface area contributed by atoms with E-state index in [0.717, 1.165) is 19.8 Å². The standard InChI is InChI=1S/C20H23NO6/c1-6-14-12-20(18(23)25-4,19(24)26-5)16(17(22)27-7-2)21(14)15-10-8-13(3)9-11-15/h1,8-11,14,16H,7,12H2,2-5H3. The van der Waals surface area contributed by atoms with Crippen LogP contribution in [0.1, 0.15) is 18.9 Å². The van der Waals surface area contributed by atoms with Crippen molar-refractivity contribution in [2.24, 2.45) is 5.41 Å². The molecule has 1 aromatic carbocycles. The summed E-state index contributed by atoms with van der Waals surface area (Å²) in [5, 5.41) is 0. The van der Waals surface area contributed by atoms with Gasteiger partial charge in [0.05, 0.1) is 26.9 Å². The molecule has 1 aliphatic heterocycles. The lowest BCUT2D eigenvalue weighted by Gasteiger charge is -2.33. The molecule has 27 heavy (non-hydrogen) atoms. The van der Waals surface area contributed by atoms with Crippen molar-refractivity contribution in [2.45, 2.75) is 32.4 Å². The van der Waals surface area contributed by atoms with Crippen molar-refractivity contribution >= 4 is 23.6 Å². The molecule has 0 radical (unpaired) electrons. The van der Waals surface area contributed by atoms with Crippen LogP contribution in [0.5, 0.6) is 0 Å². The number of terminal acetylenes is 1. The van der Waals surface area contributed by atoms with Gasteiger partial charge in [0.15, 0.2) is 11.5 Å². The summed E-state index contributed by atoms with van der Waals surface area (Å²) in [7, 11) is 2.29. The van der Waals surface area contributed by atoms with E-state index in [0.29, 0.717) is 5.69 Å². The molecule has 0 N–H and O–H groups in total. The highest BCUT2D eigenvalue weighted by atomic mass is 16.6. The van der Waals surface area contributed by atoms with Gasteiger partial charge in [0.2, 0.25) is 0 Å². The molecule has 1 heterocycles. The number of ether oxygens (including phenoxy) is 3. The van der Waals surface area contributed by atoms with Crippen LogP contribution in [-0.2, 0) is 28.6 Å². The number of rotatable bonds is 5. The Morgan fingerprint density at radius 1 is 1.19 bits per heavy atom. The van der Waals surface area contributed by atoms with Crippen LogP contribution < -0.4 is 4.90 Å². The minimum atomic E-state index is -1.92. The van der Waals surface area contributed by atoms with Gasteiger partial charge in [-0.1, -0.05) is 23.6 Å². The maximum Gasteiger partial charge on any atom is 0.330 e. The molecular weight excluding hydrogens is 350 g/mol. The maximum atomic E-state index is 12.9. The number of methoxy groups -OCH3 is 2. The van der Waals surface area contributed by atoms with Crippen molar-refractivity contribution in [3.63, 3.8) is 0 Å². The van der Waals surface area contributed by atoms with Crippen LogP contribution in [0.15, 0.2) is 24.3 Å². The average molecular weight is 373 g/mol. The number of aryl methyl sites for hydroxylation is 1. The van der Waals surface area contributed by atoms with E-state index in [4.69, 9.17) is 20.6 Å². The predicted octanol–water partition coefficient (Wildman–Crippen LogP) is 1.47. The van der Waals surface area contributed by atoms with E-state index in [1.807, 2.05) is 19.1 Å². The number of nitrogens with zero attached hydrogens (tertiary/aromatic N) is 1. The molecule has 0 amide bonds. The summed E-state index contributed by atoms with van der Waals surface area (Å²) >= 11 is 0. The van der Waals surface area contributed by atoms with E-state index in [-0.39, 0.29) is 13.0 Å². The molecule has 1 aromatic rings. The van der Waals surface area contributed by atoms with Gasteiger partial charge >= 0.3 is 17.9 Å². The second-order valence-electron chi connectivity index (χ2n) is 6.24. The summed E-state index contributed by atoms with van der Waals surface area (Å²) in [5.74, 6) is 0.0519. The SMILES string of the molecule is C#CC1CC(C(=O)OC)(C(=O)OC)C(C(=O)OCC)N1c1ccc(C)cc1. The van der Waals surface area contributed by atoms with E-state index >= 15 is 0 Å². The molecule has 2 unspecified atom stereocenters. The topological polar surface area (TPSA) is 82.1 Å². The Hall–Kier alpha value is -3.01. The van der Waals surface area contributed by atoms with Crippen LogP contribution >= 0.6 is 0 Å². The number of carbonyl (C=O) groups is 3. The van der Waals surface area contributed by atoms with Gasteiger partial charge in [0, 0.05) is 12.1 Å². The smallest absolute Gasteiger partial charge is 0.330 e. The highest BCUT2D eigenvalue weighted by molar-refractivity contribution is 6.08. The first-order valence-electron chi connectivity index (χ1n) is 8.51. The number of hydrogen-bond donors (Lipinski definition) is 0. The quantitative estimate of drug-likeness (QED) is 0.335. The second-order valence-corrected chi connectivity index (χ2v) is 6.24. The Morgan fingerprint density at radius 3 is 2.19 bits per heavy atom. The summed E-state index contributed by atoms with van der Waals surface area (Å²) in [5.41, 5.74) is -0.316. The Kier molecular flexibility index (Phi) is 6.11. The fourth-order valence-electron chi connectivity index (χ4n) is 3.49. The third-order valence-corrected chi connectivity index (χ3v) is 4.73. The van der Waals surface area contributed by atoms with Crippen molar-refractivity contribution in [1.82, 2.24) is 0 Å². The molecule has 0 saturated carbocycles. The molecule has 144 valence electrons. The molecule has 0 spiro atoms. The molecular formula is C20H23NO6. The molecule has 0 aliphatic carbocycles. The molecule has 0 bridgehead atoms. The van der Waals surface area contributed by atoms with Gasteiger partial charge in [-0.25, -0.2) is 4.79 Å². The number of esters is 3. The molecule has 2 atom stereocenters. The molecule has 1 aliphatic rings. The Bertz CT molecular complexity index is 748. The third-order valence-electron chi connectivity index (χ3n) is 4.73. The van der Waals surface area contributed by atoms with Gasteiger partial charge in [0.25, 0.3) is 0 Å². The van der Waals surface area contributed by atoms with Gasteiger partial charge in [-0.05, 0) is 26.0 Å². The fourth-order valence-corrected chi connectivity index (χ4v) is 3.49. The number of benzene rings is 1. The zero-order valence-corrected chi connectivity index (χ0v) is 15.9. The summed E-state index contributed by atoms with van der Waals surface area (Å²) in [6, 6.07) is 5.23. The van der Waals surface area contributed by atoms with Gasteiger partial charge in [-0.2, -0.15) is 0 Å². The molecule has 7 nitrogen and oxygen atoms in total. The molecule has 7 heteroatoms. The molecule has 1 fully saturated rings. The van der Waals surface area contributed by atoms with Crippen LogP contribution in [0.2, 0.25) is 0 Å². The van der Waals surface area contributed by atoms with Gasteiger partial charge in [-0.15, -0.1) is 6.42 Å². The highest BCUT2D eigenvalue weighted by Crippen LogP contribution is 2.45. The third kappa shape index (κ3) is 3.35. The van der Waals surface area contributed by atoms with E-state index < -0.39 is 35.4 Å². The van der Waals surface area contributed by atoms with Crippen molar-refractivity contribution in [3.8, 4) is 12.3 Å². The van der Waals surface area contributed by atoms with Gasteiger partial charge in [-0.3, -0.25) is 9.59 Å². The first-order valence-corrected chi connectivity index (χ1v) is 8.51. The molecule has 0 aromatic heterocycles. The normalized spacial score (nSPS) is 20.5. The largest absolute Gasteiger partial charge is 0.468 e. The Morgan fingerprint density at radius 2 is 1.74 bits per heavy atom. The summed E-state index contributed by atoms with van der Waals surface area (Å²) in [6.45, 7) is 3.64. The number of hydrogen-bond acceptors (Lipinski definition) is 7. The monoisotopic (exact) mass is 373 g/mol. The average Bonchev–Trinajstić information content (AvgIpc) is 3.03. The Labute approximate surface area is 158 Å². The zero-order chi connectivity index (χ0) is 20.2.